The third-order valence-electron chi connectivity index (χ3n) is 3.07. The molecular formula is C16H15ClF2N2O2. The van der Waals surface area contributed by atoms with Gasteiger partial charge in [0.05, 0.1) is 5.41 Å². The first-order valence-corrected chi connectivity index (χ1v) is 7.32. The molecule has 0 aliphatic carbocycles. The Labute approximate surface area is 137 Å². The van der Waals surface area contributed by atoms with Gasteiger partial charge in [-0.25, -0.2) is 13.8 Å². The largest absolute Gasteiger partial charge is 0.434 e. The molecule has 2 aromatic rings. The van der Waals surface area contributed by atoms with Crippen molar-refractivity contribution in [3.05, 3.63) is 48.2 Å². The second-order valence-corrected chi connectivity index (χ2v) is 5.77. The fourth-order valence-corrected chi connectivity index (χ4v) is 1.70. The van der Waals surface area contributed by atoms with E-state index in [0.29, 0.717) is 6.07 Å². The molecule has 1 amide bonds. The lowest BCUT2D eigenvalue weighted by molar-refractivity contribution is -0.122. The molecule has 1 heterocycles. The van der Waals surface area contributed by atoms with E-state index in [2.05, 4.69) is 10.3 Å². The number of pyridine rings is 1. The van der Waals surface area contributed by atoms with Gasteiger partial charge in [-0.3, -0.25) is 4.79 Å². The fourth-order valence-electron chi connectivity index (χ4n) is 1.58. The van der Waals surface area contributed by atoms with Crippen molar-refractivity contribution in [2.24, 2.45) is 5.41 Å². The van der Waals surface area contributed by atoms with E-state index >= 15 is 0 Å². The molecule has 0 saturated heterocycles. The number of rotatable bonds is 5. The predicted molar refractivity (Wildman–Crippen MR) is 83.8 cm³/mol. The molecule has 0 aliphatic heterocycles. The Balaban J connectivity index is 2.26. The van der Waals surface area contributed by atoms with Crippen molar-refractivity contribution >= 4 is 23.2 Å². The lowest BCUT2D eigenvalue weighted by Gasteiger charge is -2.21. The number of aromatic nitrogens is 1. The number of anilines is 1. The minimum atomic E-state index is -0.867. The van der Waals surface area contributed by atoms with Gasteiger partial charge in [0, 0.05) is 18.1 Å². The normalized spacial score (nSPS) is 11.2. The van der Waals surface area contributed by atoms with E-state index in [9.17, 15) is 13.6 Å². The van der Waals surface area contributed by atoms with Crippen LogP contribution in [0.5, 0.6) is 11.6 Å². The SMILES string of the molecule is CC(C)(CCl)C(=O)Nc1cccnc1Oc1ccc(F)cc1F. The van der Waals surface area contributed by atoms with Crippen molar-refractivity contribution in [1.82, 2.24) is 4.98 Å². The second-order valence-electron chi connectivity index (χ2n) is 5.50. The number of carbonyl (C=O) groups is 1. The van der Waals surface area contributed by atoms with Gasteiger partial charge in [0.1, 0.15) is 11.5 Å². The Bertz CT molecular complexity index is 723. The summed E-state index contributed by atoms with van der Waals surface area (Å²) in [6.45, 7) is 3.37. The van der Waals surface area contributed by atoms with Gasteiger partial charge in [-0.1, -0.05) is 0 Å². The molecule has 1 aromatic carbocycles. The van der Waals surface area contributed by atoms with Crippen molar-refractivity contribution < 1.29 is 18.3 Å². The highest BCUT2D eigenvalue weighted by atomic mass is 35.5. The molecule has 0 atom stereocenters. The van der Waals surface area contributed by atoms with Crippen LogP contribution in [0.3, 0.4) is 0 Å². The van der Waals surface area contributed by atoms with Gasteiger partial charge in [0.2, 0.25) is 11.8 Å². The summed E-state index contributed by atoms with van der Waals surface area (Å²) in [5.74, 6) is -1.98. The molecule has 0 radical (unpaired) electrons. The summed E-state index contributed by atoms with van der Waals surface area (Å²) in [5.41, 5.74) is -0.532. The van der Waals surface area contributed by atoms with Crippen LogP contribution in [0.2, 0.25) is 0 Å². The highest BCUT2D eigenvalue weighted by Gasteiger charge is 2.27. The van der Waals surface area contributed by atoms with E-state index in [-0.39, 0.29) is 29.1 Å². The molecule has 1 aromatic heterocycles. The number of amides is 1. The number of halogens is 3. The summed E-state index contributed by atoms with van der Waals surface area (Å²) in [5, 5.41) is 2.65. The van der Waals surface area contributed by atoms with E-state index in [1.165, 1.54) is 6.20 Å². The zero-order valence-electron chi connectivity index (χ0n) is 12.6. The molecule has 7 heteroatoms. The first kappa shape index (κ1) is 17.1. The van der Waals surface area contributed by atoms with Gasteiger partial charge >= 0.3 is 0 Å². The van der Waals surface area contributed by atoms with Gasteiger partial charge in [0.25, 0.3) is 0 Å². The first-order valence-electron chi connectivity index (χ1n) is 6.79. The second kappa shape index (κ2) is 6.91. The first-order chi connectivity index (χ1) is 10.8. The molecule has 1 N–H and O–H groups in total. The highest BCUT2D eigenvalue weighted by Crippen LogP contribution is 2.30. The molecule has 0 saturated carbocycles. The molecular weight excluding hydrogens is 326 g/mol. The minimum absolute atomic E-state index is 0.00303. The van der Waals surface area contributed by atoms with Crippen molar-refractivity contribution in [3.63, 3.8) is 0 Å². The van der Waals surface area contributed by atoms with Crippen molar-refractivity contribution in [2.75, 3.05) is 11.2 Å². The summed E-state index contributed by atoms with van der Waals surface area (Å²) in [6.07, 6.45) is 1.43. The number of hydrogen-bond acceptors (Lipinski definition) is 3. The lowest BCUT2D eigenvalue weighted by atomic mass is 9.95. The Morgan fingerprint density at radius 1 is 1.35 bits per heavy atom. The Morgan fingerprint density at radius 2 is 2.09 bits per heavy atom. The van der Waals surface area contributed by atoms with Gasteiger partial charge in [-0.2, -0.15) is 0 Å². The molecule has 2 rings (SSSR count). The van der Waals surface area contributed by atoms with Gasteiger partial charge in [-0.15, -0.1) is 11.6 Å². The molecule has 0 aliphatic rings. The summed E-state index contributed by atoms with van der Waals surface area (Å²) < 4.78 is 31.9. The van der Waals surface area contributed by atoms with Crippen LogP contribution in [0, 0.1) is 17.0 Å². The van der Waals surface area contributed by atoms with Crippen LogP contribution in [-0.4, -0.2) is 16.8 Å². The molecule has 0 unspecified atom stereocenters. The average molecular weight is 341 g/mol. The Kier molecular flexibility index (Phi) is 5.15. The van der Waals surface area contributed by atoms with Gasteiger partial charge in [0.15, 0.2) is 11.6 Å². The Hall–Kier alpha value is -2.21. The maximum Gasteiger partial charge on any atom is 0.243 e. The molecule has 122 valence electrons. The predicted octanol–water partition coefficient (Wildman–Crippen LogP) is 4.36. The monoisotopic (exact) mass is 340 g/mol. The molecule has 4 nitrogen and oxygen atoms in total. The van der Waals surface area contributed by atoms with Crippen LogP contribution in [0.1, 0.15) is 13.8 Å². The number of ether oxygens (including phenoxy) is 1. The van der Waals surface area contributed by atoms with E-state index in [0.717, 1.165) is 12.1 Å². The highest BCUT2D eigenvalue weighted by molar-refractivity contribution is 6.20. The van der Waals surface area contributed by atoms with Crippen LogP contribution >= 0.6 is 11.6 Å². The number of carbonyl (C=O) groups excluding carboxylic acids is 1. The van der Waals surface area contributed by atoms with Crippen LogP contribution in [0.4, 0.5) is 14.5 Å². The average Bonchev–Trinajstić information content (AvgIpc) is 2.51. The van der Waals surface area contributed by atoms with E-state index < -0.39 is 17.0 Å². The van der Waals surface area contributed by atoms with Gasteiger partial charge < -0.3 is 10.1 Å². The van der Waals surface area contributed by atoms with Gasteiger partial charge in [-0.05, 0) is 38.1 Å². The molecule has 0 fully saturated rings. The number of benzene rings is 1. The van der Waals surface area contributed by atoms with Crippen molar-refractivity contribution in [1.29, 1.82) is 0 Å². The smallest absolute Gasteiger partial charge is 0.243 e. The van der Waals surface area contributed by atoms with Crippen LogP contribution < -0.4 is 10.1 Å². The third-order valence-corrected chi connectivity index (χ3v) is 3.74. The third kappa shape index (κ3) is 4.16. The zero-order chi connectivity index (χ0) is 17.0. The molecule has 0 bridgehead atoms. The van der Waals surface area contributed by atoms with Crippen molar-refractivity contribution in [3.8, 4) is 11.6 Å². The maximum atomic E-state index is 13.7. The van der Waals surface area contributed by atoms with E-state index in [4.69, 9.17) is 16.3 Å². The van der Waals surface area contributed by atoms with E-state index in [1.54, 1.807) is 26.0 Å². The number of nitrogens with zero attached hydrogens (tertiary/aromatic N) is 1. The maximum absolute atomic E-state index is 13.7. The Morgan fingerprint density at radius 3 is 2.74 bits per heavy atom. The molecule has 0 spiro atoms. The van der Waals surface area contributed by atoms with Crippen LogP contribution in [0.15, 0.2) is 36.5 Å². The minimum Gasteiger partial charge on any atom is -0.434 e. The fraction of sp³-hybridized carbons (Fsp3) is 0.250. The zero-order valence-corrected chi connectivity index (χ0v) is 13.3. The summed E-state index contributed by atoms with van der Waals surface area (Å²) in [7, 11) is 0. The summed E-state index contributed by atoms with van der Waals surface area (Å²) >= 11 is 5.77. The summed E-state index contributed by atoms with van der Waals surface area (Å²) in [4.78, 5) is 16.1. The summed E-state index contributed by atoms with van der Waals surface area (Å²) in [6, 6.07) is 6.07. The number of hydrogen-bond donors (Lipinski definition) is 1. The number of nitrogens with one attached hydrogen (secondary N) is 1. The molecule has 23 heavy (non-hydrogen) atoms. The topological polar surface area (TPSA) is 51.2 Å². The quantitative estimate of drug-likeness (QED) is 0.823. The van der Waals surface area contributed by atoms with E-state index in [1.807, 2.05) is 0 Å². The lowest BCUT2D eigenvalue weighted by Crippen LogP contribution is -2.32. The van der Waals surface area contributed by atoms with Crippen molar-refractivity contribution in [2.45, 2.75) is 13.8 Å². The standard InChI is InChI=1S/C16H15ClF2N2O2/c1-16(2,9-17)15(22)21-12-4-3-7-20-14(12)23-13-6-5-10(18)8-11(13)19/h3-8H,9H2,1-2H3,(H,21,22). The van der Waals surface area contributed by atoms with Crippen LogP contribution in [0.25, 0.3) is 0 Å². The van der Waals surface area contributed by atoms with Crippen LogP contribution in [-0.2, 0) is 4.79 Å². The number of alkyl halides is 1.